The topological polar surface area (TPSA) is 114 Å². The third-order valence-corrected chi connectivity index (χ3v) is 11.6. The minimum Gasteiger partial charge on any atom is -0.462 e. The summed E-state index contributed by atoms with van der Waals surface area (Å²) in [5.74, 6) is -1.25. The first-order chi connectivity index (χ1) is 24.7. The molecule has 4 aromatic rings. The highest BCUT2D eigenvalue weighted by Gasteiger charge is 2.35. The summed E-state index contributed by atoms with van der Waals surface area (Å²) in [5.41, 5.74) is 2.86. The molecule has 1 aliphatic carbocycles. The number of nitrogens with one attached hydrogen (secondary N) is 3. The van der Waals surface area contributed by atoms with E-state index in [1.165, 1.54) is 29.2 Å². The fourth-order valence-electron chi connectivity index (χ4n) is 5.87. The van der Waals surface area contributed by atoms with Crippen LogP contribution in [-0.4, -0.2) is 35.5 Å². The molecule has 2 unspecified atom stereocenters. The maximum atomic E-state index is 13.6. The molecule has 0 fully saturated rings. The molecule has 12 heteroatoms. The summed E-state index contributed by atoms with van der Waals surface area (Å²) in [4.78, 5) is 55.2. The van der Waals surface area contributed by atoms with Crippen LogP contribution < -0.4 is 16.0 Å². The van der Waals surface area contributed by atoms with Crippen LogP contribution in [0.1, 0.15) is 77.8 Å². The van der Waals surface area contributed by atoms with Gasteiger partial charge in [0.25, 0.3) is 11.8 Å². The van der Waals surface area contributed by atoms with Crippen molar-refractivity contribution < 1.29 is 23.9 Å². The second kappa shape index (κ2) is 17.2. The lowest BCUT2D eigenvalue weighted by molar-refractivity contribution is -0.115. The van der Waals surface area contributed by atoms with Gasteiger partial charge in [0.05, 0.1) is 17.4 Å². The number of anilines is 2. The molecule has 272 valence electrons. The fourth-order valence-corrected chi connectivity index (χ4v) is 8.57. The molecule has 3 amide bonds. The zero-order valence-electron chi connectivity index (χ0n) is 29.6. The van der Waals surface area contributed by atoms with Crippen molar-refractivity contribution in [1.82, 2.24) is 5.32 Å². The van der Waals surface area contributed by atoms with Gasteiger partial charge in [-0.25, -0.2) is 4.79 Å². The van der Waals surface area contributed by atoms with Crippen molar-refractivity contribution in [2.75, 3.05) is 17.2 Å². The molecule has 3 aromatic carbocycles. The van der Waals surface area contributed by atoms with E-state index in [-0.39, 0.29) is 23.6 Å². The minimum atomic E-state index is -0.579. The molecule has 5 rings (SSSR count). The maximum Gasteiger partial charge on any atom is 0.341 e. The molecule has 0 spiro atoms. The number of hydrogen-bond acceptors (Lipinski definition) is 7. The molecular weight excluding hydrogens is 737 g/mol. The molecule has 8 nitrogen and oxygen atoms in total. The predicted molar refractivity (Wildman–Crippen MR) is 213 cm³/mol. The molecule has 0 radical (unpaired) electrons. The molecular formula is C40H41Cl2N3O5S2. The molecule has 1 aliphatic rings. The van der Waals surface area contributed by atoms with Gasteiger partial charge in [-0.05, 0) is 104 Å². The van der Waals surface area contributed by atoms with Gasteiger partial charge in [-0.1, -0.05) is 74.3 Å². The molecule has 0 saturated heterocycles. The molecule has 1 heterocycles. The van der Waals surface area contributed by atoms with E-state index in [1.54, 1.807) is 80.6 Å². The lowest BCUT2D eigenvalue weighted by Gasteiger charge is -2.33. The Morgan fingerprint density at radius 3 is 2.44 bits per heavy atom. The average molecular weight is 779 g/mol. The van der Waals surface area contributed by atoms with Gasteiger partial charge in [0.2, 0.25) is 5.91 Å². The Kier molecular flexibility index (Phi) is 12.9. The van der Waals surface area contributed by atoms with E-state index in [0.717, 1.165) is 34.6 Å². The molecule has 3 N–H and O–H groups in total. The van der Waals surface area contributed by atoms with Gasteiger partial charge in [0.15, 0.2) is 0 Å². The van der Waals surface area contributed by atoms with Crippen molar-refractivity contribution >= 4 is 86.8 Å². The number of esters is 1. The number of carbonyl (C=O) groups excluding carboxylic acids is 4. The Bertz CT molecular complexity index is 2010. The van der Waals surface area contributed by atoms with Crippen molar-refractivity contribution in [3.8, 4) is 0 Å². The van der Waals surface area contributed by atoms with Crippen LogP contribution in [0.15, 0.2) is 83.4 Å². The van der Waals surface area contributed by atoms with Crippen LogP contribution in [0.3, 0.4) is 0 Å². The first kappa shape index (κ1) is 39.1. The number of amides is 3. The number of benzene rings is 3. The van der Waals surface area contributed by atoms with Gasteiger partial charge in [-0.3, -0.25) is 14.4 Å². The van der Waals surface area contributed by atoms with E-state index < -0.39 is 23.0 Å². The SMILES string of the molecule is CCOC(=O)c1c(NC(=O)C(C)Sc2cccc(NC(=O)/C(=C\c3ccc(Cl)cc3Cl)NC(=O)c3ccccc3)c2)sc2c1CCC(C(C)(C)C)C2. The van der Waals surface area contributed by atoms with Crippen LogP contribution in [0.2, 0.25) is 10.0 Å². The molecule has 0 bridgehead atoms. The van der Waals surface area contributed by atoms with Gasteiger partial charge < -0.3 is 20.7 Å². The van der Waals surface area contributed by atoms with Gasteiger partial charge in [0.1, 0.15) is 10.7 Å². The normalized spacial score (nSPS) is 14.9. The molecule has 52 heavy (non-hydrogen) atoms. The summed E-state index contributed by atoms with van der Waals surface area (Å²) in [7, 11) is 0. The van der Waals surface area contributed by atoms with E-state index >= 15 is 0 Å². The van der Waals surface area contributed by atoms with E-state index in [9.17, 15) is 19.2 Å². The fraction of sp³-hybridized carbons (Fsp3) is 0.300. The summed E-state index contributed by atoms with van der Waals surface area (Å²) in [6.45, 7) is 10.5. The van der Waals surface area contributed by atoms with Gasteiger partial charge in [-0.15, -0.1) is 23.1 Å². The van der Waals surface area contributed by atoms with E-state index in [0.29, 0.717) is 43.3 Å². The van der Waals surface area contributed by atoms with Crippen molar-refractivity contribution in [2.45, 2.75) is 64.0 Å². The Balaban J connectivity index is 1.31. The summed E-state index contributed by atoms with van der Waals surface area (Å²) in [5, 5.41) is 9.30. The third kappa shape index (κ3) is 9.86. The molecule has 1 aromatic heterocycles. The van der Waals surface area contributed by atoms with Crippen molar-refractivity contribution in [1.29, 1.82) is 0 Å². The molecule has 0 aliphatic heterocycles. The average Bonchev–Trinajstić information content (AvgIpc) is 3.46. The lowest BCUT2D eigenvalue weighted by Crippen LogP contribution is -2.30. The van der Waals surface area contributed by atoms with Crippen molar-refractivity contribution in [3.63, 3.8) is 0 Å². The second-order valence-electron chi connectivity index (χ2n) is 13.5. The number of fused-ring (bicyclic) bond motifs is 1. The zero-order valence-corrected chi connectivity index (χ0v) is 32.7. The Labute approximate surface area is 322 Å². The van der Waals surface area contributed by atoms with Crippen LogP contribution in [0.25, 0.3) is 6.08 Å². The van der Waals surface area contributed by atoms with E-state index in [2.05, 4.69) is 36.7 Å². The van der Waals surface area contributed by atoms with Crippen molar-refractivity contribution in [2.24, 2.45) is 11.3 Å². The number of ether oxygens (including phenoxy) is 1. The molecule has 2 atom stereocenters. The summed E-state index contributed by atoms with van der Waals surface area (Å²) in [6.07, 6.45) is 4.07. The van der Waals surface area contributed by atoms with E-state index in [4.69, 9.17) is 27.9 Å². The van der Waals surface area contributed by atoms with Crippen LogP contribution in [0.4, 0.5) is 10.7 Å². The van der Waals surface area contributed by atoms with Crippen molar-refractivity contribution in [3.05, 3.63) is 116 Å². The number of rotatable bonds is 11. The Hall–Kier alpha value is -4.09. The quantitative estimate of drug-likeness (QED) is 0.0794. The summed E-state index contributed by atoms with van der Waals surface area (Å²) >= 11 is 15.2. The highest BCUT2D eigenvalue weighted by atomic mass is 35.5. The number of halogens is 2. The van der Waals surface area contributed by atoms with Gasteiger partial charge >= 0.3 is 5.97 Å². The van der Waals surface area contributed by atoms with Gasteiger partial charge in [0, 0.05) is 31.1 Å². The second-order valence-corrected chi connectivity index (χ2v) is 16.9. The largest absolute Gasteiger partial charge is 0.462 e. The summed E-state index contributed by atoms with van der Waals surface area (Å²) < 4.78 is 5.41. The Morgan fingerprint density at radius 1 is 1.00 bits per heavy atom. The highest BCUT2D eigenvalue weighted by Crippen LogP contribution is 2.45. The first-order valence-corrected chi connectivity index (χ1v) is 19.4. The van der Waals surface area contributed by atoms with Crippen LogP contribution >= 0.6 is 46.3 Å². The zero-order chi connectivity index (χ0) is 37.6. The maximum absolute atomic E-state index is 13.6. The van der Waals surface area contributed by atoms with Crippen LogP contribution in [0, 0.1) is 11.3 Å². The lowest BCUT2D eigenvalue weighted by atomic mass is 9.72. The van der Waals surface area contributed by atoms with Crippen LogP contribution in [0.5, 0.6) is 0 Å². The predicted octanol–water partition coefficient (Wildman–Crippen LogP) is 9.91. The summed E-state index contributed by atoms with van der Waals surface area (Å²) in [6, 6.07) is 20.4. The van der Waals surface area contributed by atoms with Crippen LogP contribution in [-0.2, 0) is 27.2 Å². The Morgan fingerprint density at radius 2 is 1.75 bits per heavy atom. The monoisotopic (exact) mass is 777 g/mol. The smallest absolute Gasteiger partial charge is 0.341 e. The molecule has 0 saturated carbocycles. The van der Waals surface area contributed by atoms with Gasteiger partial charge in [-0.2, -0.15) is 0 Å². The van der Waals surface area contributed by atoms with E-state index in [1.807, 2.05) is 6.07 Å². The third-order valence-electron chi connectivity index (χ3n) is 8.77. The first-order valence-electron chi connectivity index (χ1n) is 17.0. The number of thioether (sulfide) groups is 1. The number of thiophene rings is 1. The highest BCUT2D eigenvalue weighted by molar-refractivity contribution is 8.00. The standard InChI is InChI=1S/C40H41Cl2N3O5S2/c1-6-50-39(49)34-30-18-16-26(40(3,4)5)20-33(30)52-38(34)45-35(46)23(2)51-29-14-10-13-28(22-29)43-37(48)32(19-25-15-17-27(41)21-31(25)42)44-36(47)24-11-8-7-9-12-24/h7-15,17,19,21-23,26H,6,16,18,20H2,1-5H3,(H,43,48)(H,44,47)(H,45,46)/b32-19+. The number of hydrogen-bond donors (Lipinski definition) is 3. The number of carbonyl (C=O) groups is 4. The minimum absolute atomic E-state index is 0.0336.